The van der Waals surface area contributed by atoms with E-state index in [4.69, 9.17) is 15.2 Å². The molecule has 0 aliphatic rings. The maximum atomic E-state index is 5.86. The third-order valence-electron chi connectivity index (χ3n) is 3.22. The smallest absolute Gasteiger partial charge is 0.144 e. The van der Waals surface area contributed by atoms with E-state index in [1.165, 1.54) is 5.56 Å². The summed E-state index contributed by atoms with van der Waals surface area (Å²) in [5, 5.41) is 3.38. The van der Waals surface area contributed by atoms with Gasteiger partial charge in [0.05, 0.1) is 19.4 Å². The zero-order valence-electron chi connectivity index (χ0n) is 12.6. The first-order valence-electron chi connectivity index (χ1n) is 7.12. The number of nitrogen functional groups attached to an aromatic ring is 1. The van der Waals surface area contributed by atoms with Gasteiger partial charge in [-0.15, -0.1) is 0 Å². The second-order valence-corrected chi connectivity index (χ2v) is 4.71. The van der Waals surface area contributed by atoms with Crippen molar-refractivity contribution in [3.05, 3.63) is 48.0 Å². The SMILES string of the molecule is CCOc1cc(NCCc2ccc(OC)cc2)ccc1N. The first-order valence-corrected chi connectivity index (χ1v) is 7.12. The first-order chi connectivity index (χ1) is 10.2. The van der Waals surface area contributed by atoms with Crippen LogP contribution in [0.5, 0.6) is 11.5 Å². The van der Waals surface area contributed by atoms with Gasteiger partial charge in [0, 0.05) is 18.3 Å². The third-order valence-corrected chi connectivity index (χ3v) is 3.22. The van der Waals surface area contributed by atoms with Crippen molar-refractivity contribution in [3.8, 4) is 11.5 Å². The summed E-state index contributed by atoms with van der Waals surface area (Å²) in [5.74, 6) is 1.61. The molecule has 0 radical (unpaired) electrons. The summed E-state index contributed by atoms with van der Waals surface area (Å²) in [6.45, 7) is 3.41. The van der Waals surface area contributed by atoms with Gasteiger partial charge in [0.25, 0.3) is 0 Å². The van der Waals surface area contributed by atoms with Gasteiger partial charge >= 0.3 is 0 Å². The molecule has 4 heteroatoms. The van der Waals surface area contributed by atoms with Gasteiger partial charge in [-0.25, -0.2) is 0 Å². The van der Waals surface area contributed by atoms with E-state index in [2.05, 4.69) is 17.4 Å². The van der Waals surface area contributed by atoms with Crippen molar-refractivity contribution in [2.75, 3.05) is 31.3 Å². The van der Waals surface area contributed by atoms with E-state index in [1.54, 1.807) is 7.11 Å². The van der Waals surface area contributed by atoms with Gasteiger partial charge in [-0.2, -0.15) is 0 Å². The Bertz CT molecular complexity index is 568. The average molecular weight is 286 g/mol. The average Bonchev–Trinajstić information content (AvgIpc) is 2.51. The van der Waals surface area contributed by atoms with Gasteiger partial charge in [0.15, 0.2) is 0 Å². The Labute approximate surface area is 125 Å². The molecule has 21 heavy (non-hydrogen) atoms. The van der Waals surface area contributed by atoms with E-state index in [-0.39, 0.29) is 0 Å². The van der Waals surface area contributed by atoms with Crippen molar-refractivity contribution < 1.29 is 9.47 Å². The molecule has 112 valence electrons. The van der Waals surface area contributed by atoms with Crippen molar-refractivity contribution in [2.45, 2.75) is 13.3 Å². The normalized spacial score (nSPS) is 10.2. The first kappa shape index (κ1) is 15.0. The Hall–Kier alpha value is -2.36. The molecular formula is C17H22N2O2. The Morgan fingerprint density at radius 2 is 1.86 bits per heavy atom. The number of hydrogen-bond acceptors (Lipinski definition) is 4. The van der Waals surface area contributed by atoms with E-state index < -0.39 is 0 Å². The Kier molecular flexibility index (Phi) is 5.32. The lowest BCUT2D eigenvalue weighted by Crippen LogP contribution is -2.05. The molecule has 0 saturated carbocycles. The van der Waals surface area contributed by atoms with Crippen LogP contribution in [0.25, 0.3) is 0 Å². The summed E-state index contributed by atoms with van der Waals surface area (Å²) in [4.78, 5) is 0. The number of nitrogens with one attached hydrogen (secondary N) is 1. The Balaban J connectivity index is 1.89. The highest BCUT2D eigenvalue weighted by Gasteiger charge is 2.02. The maximum Gasteiger partial charge on any atom is 0.144 e. The molecule has 2 aromatic rings. The van der Waals surface area contributed by atoms with Crippen LogP contribution in [-0.2, 0) is 6.42 Å². The van der Waals surface area contributed by atoms with Gasteiger partial charge in [-0.05, 0) is 43.2 Å². The van der Waals surface area contributed by atoms with Crippen molar-refractivity contribution >= 4 is 11.4 Å². The van der Waals surface area contributed by atoms with Crippen LogP contribution in [-0.4, -0.2) is 20.3 Å². The summed E-state index contributed by atoms with van der Waals surface area (Å²) in [5.41, 5.74) is 8.80. The highest BCUT2D eigenvalue weighted by Crippen LogP contribution is 2.25. The molecule has 0 amide bonds. The van der Waals surface area contributed by atoms with Crippen LogP contribution in [0, 0.1) is 0 Å². The van der Waals surface area contributed by atoms with Gasteiger partial charge in [0.1, 0.15) is 11.5 Å². The Morgan fingerprint density at radius 1 is 1.10 bits per heavy atom. The van der Waals surface area contributed by atoms with Gasteiger partial charge in [-0.1, -0.05) is 12.1 Å². The molecule has 0 spiro atoms. The number of hydrogen-bond donors (Lipinski definition) is 2. The summed E-state index contributed by atoms with van der Waals surface area (Å²) in [7, 11) is 1.67. The fourth-order valence-electron chi connectivity index (χ4n) is 2.07. The molecule has 4 nitrogen and oxygen atoms in total. The van der Waals surface area contributed by atoms with Gasteiger partial charge in [-0.3, -0.25) is 0 Å². The van der Waals surface area contributed by atoms with Crippen LogP contribution in [0.2, 0.25) is 0 Å². The molecule has 0 unspecified atom stereocenters. The quantitative estimate of drug-likeness (QED) is 0.767. The molecule has 2 aromatic carbocycles. The highest BCUT2D eigenvalue weighted by molar-refractivity contribution is 5.61. The summed E-state index contributed by atoms with van der Waals surface area (Å²) in [6, 6.07) is 13.9. The molecule has 0 aliphatic heterocycles. The minimum Gasteiger partial charge on any atom is -0.497 e. The predicted octanol–water partition coefficient (Wildman–Crippen LogP) is 3.33. The maximum absolute atomic E-state index is 5.86. The molecule has 0 bridgehead atoms. The number of nitrogens with two attached hydrogens (primary N) is 1. The van der Waals surface area contributed by atoms with Crippen molar-refractivity contribution in [3.63, 3.8) is 0 Å². The summed E-state index contributed by atoms with van der Waals surface area (Å²) in [6.07, 6.45) is 0.943. The van der Waals surface area contributed by atoms with E-state index in [0.717, 1.165) is 30.2 Å². The Morgan fingerprint density at radius 3 is 2.52 bits per heavy atom. The van der Waals surface area contributed by atoms with Gasteiger partial charge in [0.2, 0.25) is 0 Å². The second-order valence-electron chi connectivity index (χ2n) is 4.71. The minimum atomic E-state index is 0.611. The van der Waals surface area contributed by atoms with Crippen molar-refractivity contribution in [1.29, 1.82) is 0 Å². The molecule has 2 rings (SSSR count). The van der Waals surface area contributed by atoms with E-state index >= 15 is 0 Å². The number of anilines is 2. The van der Waals surface area contributed by atoms with Crippen LogP contribution in [0.4, 0.5) is 11.4 Å². The number of benzene rings is 2. The predicted molar refractivity (Wildman–Crippen MR) is 87.2 cm³/mol. The summed E-state index contributed by atoms with van der Waals surface area (Å²) >= 11 is 0. The molecule has 0 fully saturated rings. The fourth-order valence-corrected chi connectivity index (χ4v) is 2.07. The van der Waals surface area contributed by atoms with Crippen molar-refractivity contribution in [2.24, 2.45) is 0 Å². The standard InChI is InChI=1S/C17H22N2O2/c1-3-21-17-12-14(6-9-16(17)18)19-11-10-13-4-7-15(20-2)8-5-13/h4-9,12,19H,3,10-11,18H2,1-2H3. The van der Waals surface area contributed by atoms with E-state index in [9.17, 15) is 0 Å². The number of methoxy groups -OCH3 is 1. The molecule has 0 atom stereocenters. The highest BCUT2D eigenvalue weighted by atomic mass is 16.5. The molecule has 0 aliphatic carbocycles. The topological polar surface area (TPSA) is 56.5 Å². The molecule has 0 aromatic heterocycles. The lowest BCUT2D eigenvalue weighted by Gasteiger charge is -2.11. The zero-order chi connectivity index (χ0) is 15.1. The largest absolute Gasteiger partial charge is 0.497 e. The lowest BCUT2D eigenvalue weighted by atomic mass is 10.1. The number of ether oxygens (including phenoxy) is 2. The number of rotatable bonds is 7. The van der Waals surface area contributed by atoms with Gasteiger partial charge < -0.3 is 20.5 Å². The van der Waals surface area contributed by atoms with Crippen LogP contribution in [0.1, 0.15) is 12.5 Å². The van der Waals surface area contributed by atoms with E-state index in [0.29, 0.717) is 12.3 Å². The molecule has 3 N–H and O–H groups in total. The van der Waals surface area contributed by atoms with Crippen molar-refractivity contribution in [1.82, 2.24) is 0 Å². The minimum absolute atomic E-state index is 0.611. The third kappa shape index (κ3) is 4.31. The van der Waals surface area contributed by atoms with Crippen LogP contribution < -0.4 is 20.5 Å². The molecule has 0 saturated heterocycles. The molecular weight excluding hydrogens is 264 g/mol. The van der Waals surface area contributed by atoms with Crippen LogP contribution in [0.15, 0.2) is 42.5 Å². The van der Waals surface area contributed by atoms with Crippen LogP contribution >= 0.6 is 0 Å². The summed E-state index contributed by atoms with van der Waals surface area (Å²) < 4.78 is 10.6. The van der Waals surface area contributed by atoms with Crippen LogP contribution in [0.3, 0.4) is 0 Å². The second kappa shape index (κ2) is 7.43. The van der Waals surface area contributed by atoms with E-state index in [1.807, 2.05) is 37.3 Å². The molecule has 0 heterocycles. The monoisotopic (exact) mass is 286 g/mol. The fraction of sp³-hybridized carbons (Fsp3) is 0.294. The lowest BCUT2D eigenvalue weighted by molar-refractivity contribution is 0.342. The zero-order valence-corrected chi connectivity index (χ0v) is 12.6.